The van der Waals surface area contributed by atoms with E-state index in [0.29, 0.717) is 35.9 Å². The molecule has 2 aromatic carbocycles. The number of nitrogens with one attached hydrogen (secondary N) is 2. The van der Waals surface area contributed by atoms with E-state index in [-0.39, 0.29) is 0 Å². The number of alkyl halides is 3. The number of aromatic nitrogens is 2. The summed E-state index contributed by atoms with van der Waals surface area (Å²) >= 11 is 0. The summed E-state index contributed by atoms with van der Waals surface area (Å²) in [6, 6.07) is 19.4. The molecular weight excluding hydrogens is 487 g/mol. The molecule has 0 bridgehead atoms. The average molecular weight is 522 g/mol. The van der Waals surface area contributed by atoms with Gasteiger partial charge in [0.1, 0.15) is 0 Å². The zero-order valence-corrected chi connectivity index (χ0v) is 21.8. The maximum Gasteiger partial charge on any atom is 0.288 e. The predicted octanol–water partition coefficient (Wildman–Crippen LogP) is 6.54. The number of hydrogen-bond acceptors (Lipinski definition) is 4. The van der Waals surface area contributed by atoms with Crippen molar-refractivity contribution in [1.29, 1.82) is 0 Å². The van der Waals surface area contributed by atoms with Crippen molar-refractivity contribution in [2.45, 2.75) is 51.6 Å². The number of aryl methyl sites for hydroxylation is 1. The fraction of sp³-hybridized carbons (Fsp3) is 0.367. The first-order valence-electron chi connectivity index (χ1n) is 13.1. The van der Waals surface area contributed by atoms with Gasteiger partial charge in [0.05, 0.1) is 23.1 Å². The highest BCUT2D eigenvalue weighted by Gasteiger charge is 2.26. The Morgan fingerprint density at radius 1 is 0.921 bits per heavy atom. The summed E-state index contributed by atoms with van der Waals surface area (Å²) < 4.78 is 43.2. The van der Waals surface area contributed by atoms with E-state index in [1.165, 1.54) is 0 Å². The van der Waals surface area contributed by atoms with Crippen LogP contribution in [0.2, 0.25) is 0 Å². The molecule has 1 unspecified atom stereocenters. The molecule has 1 saturated heterocycles. The van der Waals surface area contributed by atoms with Gasteiger partial charge in [0.2, 0.25) is 6.30 Å². The predicted molar refractivity (Wildman–Crippen MR) is 147 cm³/mol. The van der Waals surface area contributed by atoms with Gasteiger partial charge in [-0.2, -0.15) is 0 Å². The SMILES string of the molecule is Cc1ccc(NCc2ccc(-c3cc4cc(CNC5CCN(C)CC5)ccc4n3C(F)C(F)F)cc2)cn1. The first-order valence-corrected chi connectivity index (χ1v) is 13.1. The fourth-order valence-corrected chi connectivity index (χ4v) is 5.04. The monoisotopic (exact) mass is 521 g/mol. The molecule has 1 aliphatic rings. The molecule has 1 aliphatic heterocycles. The molecule has 200 valence electrons. The van der Waals surface area contributed by atoms with Crippen LogP contribution in [0, 0.1) is 6.92 Å². The van der Waals surface area contributed by atoms with Crippen LogP contribution >= 0.6 is 0 Å². The third-order valence-electron chi connectivity index (χ3n) is 7.33. The summed E-state index contributed by atoms with van der Waals surface area (Å²) in [6.07, 6.45) is -1.57. The minimum absolute atomic E-state index is 0.440. The van der Waals surface area contributed by atoms with Gasteiger partial charge in [-0.1, -0.05) is 30.3 Å². The Morgan fingerprint density at radius 2 is 1.66 bits per heavy atom. The molecule has 0 aliphatic carbocycles. The van der Waals surface area contributed by atoms with Crippen LogP contribution in [0.5, 0.6) is 0 Å². The summed E-state index contributed by atoms with van der Waals surface area (Å²) in [4.78, 5) is 6.61. The van der Waals surface area contributed by atoms with Crippen molar-refractivity contribution in [3.8, 4) is 11.3 Å². The van der Waals surface area contributed by atoms with Crippen molar-refractivity contribution < 1.29 is 13.2 Å². The molecule has 0 amide bonds. The number of likely N-dealkylation sites (tertiary alicyclic amines) is 1. The van der Waals surface area contributed by atoms with Gasteiger partial charge in [-0.15, -0.1) is 0 Å². The van der Waals surface area contributed by atoms with Crippen molar-refractivity contribution in [3.05, 3.63) is 83.7 Å². The van der Waals surface area contributed by atoms with E-state index >= 15 is 0 Å². The number of fused-ring (bicyclic) bond motifs is 1. The van der Waals surface area contributed by atoms with E-state index in [2.05, 4.69) is 27.6 Å². The van der Waals surface area contributed by atoms with Crippen molar-refractivity contribution >= 4 is 16.6 Å². The molecule has 8 heteroatoms. The number of pyridine rings is 1. The lowest BCUT2D eigenvalue weighted by Gasteiger charge is -2.29. The highest BCUT2D eigenvalue weighted by atomic mass is 19.3. The van der Waals surface area contributed by atoms with Crippen molar-refractivity contribution in [2.24, 2.45) is 0 Å². The van der Waals surface area contributed by atoms with E-state index in [4.69, 9.17) is 0 Å². The van der Waals surface area contributed by atoms with Crippen molar-refractivity contribution in [2.75, 3.05) is 25.5 Å². The molecule has 2 N–H and O–H groups in total. The zero-order chi connectivity index (χ0) is 26.6. The number of anilines is 1. The first-order chi connectivity index (χ1) is 18.4. The van der Waals surface area contributed by atoms with Crippen LogP contribution in [0.15, 0.2) is 66.9 Å². The Morgan fingerprint density at radius 3 is 2.34 bits per heavy atom. The van der Waals surface area contributed by atoms with E-state index in [1.54, 1.807) is 12.3 Å². The highest BCUT2D eigenvalue weighted by Crippen LogP contribution is 2.35. The van der Waals surface area contributed by atoms with Gasteiger partial charge >= 0.3 is 0 Å². The summed E-state index contributed by atoms with van der Waals surface area (Å²) in [7, 11) is 2.14. The molecule has 38 heavy (non-hydrogen) atoms. The lowest BCUT2D eigenvalue weighted by Crippen LogP contribution is -2.40. The smallest absolute Gasteiger partial charge is 0.288 e. The van der Waals surface area contributed by atoms with Crippen LogP contribution < -0.4 is 10.6 Å². The molecule has 5 nitrogen and oxygen atoms in total. The molecule has 3 heterocycles. The summed E-state index contributed by atoms with van der Waals surface area (Å²) in [5, 5.41) is 7.69. The van der Waals surface area contributed by atoms with Gasteiger partial charge in [0.25, 0.3) is 6.43 Å². The number of halogens is 3. The summed E-state index contributed by atoms with van der Waals surface area (Å²) in [5.41, 5.74) is 5.54. The molecular formula is C30H34F3N5. The van der Waals surface area contributed by atoms with Crippen molar-refractivity contribution in [3.63, 3.8) is 0 Å². The Balaban J connectivity index is 1.36. The Bertz CT molecular complexity index is 1340. The molecule has 4 aromatic rings. The molecule has 0 radical (unpaired) electrons. The molecule has 0 spiro atoms. The fourth-order valence-electron chi connectivity index (χ4n) is 5.04. The third kappa shape index (κ3) is 6.03. The molecule has 5 rings (SSSR count). The molecule has 1 fully saturated rings. The lowest BCUT2D eigenvalue weighted by molar-refractivity contribution is 0.0115. The normalized spacial score (nSPS) is 15.8. The Kier molecular flexibility index (Phi) is 8.00. The van der Waals surface area contributed by atoms with Gasteiger partial charge in [-0.25, -0.2) is 13.2 Å². The average Bonchev–Trinajstić information content (AvgIpc) is 3.31. The second-order valence-electron chi connectivity index (χ2n) is 10.2. The van der Waals surface area contributed by atoms with Gasteiger partial charge in [-0.05, 0) is 86.9 Å². The molecule has 1 atom stereocenters. The number of benzene rings is 2. The van der Waals surface area contributed by atoms with Crippen LogP contribution in [0.3, 0.4) is 0 Å². The largest absolute Gasteiger partial charge is 0.380 e. The Labute approximate surface area is 221 Å². The quantitative estimate of drug-likeness (QED) is 0.263. The third-order valence-corrected chi connectivity index (χ3v) is 7.33. The number of nitrogens with zero attached hydrogens (tertiary/aromatic N) is 3. The minimum atomic E-state index is -3.12. The zero-order valence-electron chi connectivity index (χ0n) is 21.8. The van der Waals surface area contributed by atoms with Crippen LogP contribution in [-0.4, -0.2) is 47.1 Å². The van der Waals surface area contributed by atoms with Gasteiger partial charge in [-0.3, -0.25) is 4.98 Å². The maximum absolute atomic E-state index is 14.9. The van der Waals surface area contributed by atoms with Crippen LogP contribution in [-0.2, 0) is 13.1 Å². The standard InChI is InChI=1S/C30H34F3N5/c1-20-3-9-26(19-34-20)36-17-21-4-7-23(8-5-21)28-16-24-15-22(18-35-25-11-13-37(2)14-12-25)6-10-27(24)38(28)30(33)29(31)32/h3-10,15-16,19,25,29-30,35-36H,11-14,17-18H2,1-2H3. The van der Waals surface area contributed by atoms with Gasteiger partial charge < -0.3 is 20.1 Å². The maximum atomic E-state index is 14.9. The number of rotatable bonds is 9. The van der Waals surface area contributed by atoms with Crippen LogP contribution in [0.25, 0.3) is 22.2 Å². The van der Waals surface area contributed by atoms with Crippen LogP contribution in [0.4, 0.5) is 18.9 Å². The molecule has 2 aromatic heterocycles. The minimum Gasteiger partial charge on any atom is -0.380 e. The van der Waals surface area contributed by atoms with E-state index in [9.17, 15) is 13.2 Å². The second kappa shape index (κ2) is 11.6. The first kappa shape index (κ1) is 26.3. The highest BCUT2D eigenvalue weighted by molar-refractivity contribution is 5.88. The second-order valence-corrected chi connectivity index (χ2v) is 10.2. The lowest BCUT2D eigenvalue weighted by atomic mass is 10.0. The number of piperidine rings is 1. The molecule has 0 saturated carbocycles. The van der Waals surface area contributed by atoms with Crippen molar-refractivity contribution in [1.82, 2.24) is 19.8 Å². The Hall–Kier alpha value is -3.36. The van der Waals surface area contributed by atoms with E-state index < -0.39 is 12.7 Å². The van der Waals surface area contributed by atoms with Gasteiger partial charge in [0, 0.05) is 30.2 Å². The topological polar surface area (TPSA) is 45.1 Å². The summed E-state index contributed by atoms with van der Waals surface area (Å²) in [6.45, 7) is 5.37. The van der Waals surface area contributed by atoms with Crippen LogP contribution in [0.1, 0.15) is 36.0 Å². The summed E-state index contributed by atoms with van der Waals surface area (Å²) in [5.74, 6) is 0. The number of hydrogen-bond donors (Lipinski definition) is 2. The van der Waals surface area contributed by atoms with E-state index in [1.807, 2.05) is 61.5 Å². The van der Waals surface area contributed by atoms with Gasteiger partial charge in [0.15, 0.2) is 0 Å². The van der Waals surface area contributed by atoms with E-state index in [0.717, 1.165) is 58.4 Å².